The lowest BCUT2D eigenvalue weighted by atomic mass is 9.81. The maximum atomic E-state index is 15.2. The average molecular weight is 519 g/mol. The fraction of sp³-hybridized carbons (Fsp3) is 0.154. The molecule has 0 N–H and O–H groups in total. The summed E-state index contributed by atoms with van der Waals surface area (Å²) in [5.74, 6) is 0.0670. The summed E-state index contributed by atoms with van der Waals surface area (Å²) in [7, 11) is 0. The van der Waals surface area contributed by atoms with Gasteiger partial charge in [0.2, 0.25) is 0 Å². The molecule has 0 bridgehead atoms. The van der Waals surface area contributed by atoms with Crippen molar-refractivity contribution >= 4 is 27.3 Å². The molecule has 6 aromatic rings. The Balaban J connectivity index is 1.74. The van der Waals surface area contributed by atoms with Crippen LogP contribution >= 0.6 is 0 Å². The second-order valence-electron chi connectivity index (χ2n) is 11.3. The van der Waals surface area contributed by atoms with E-state index in [-0.39, 0.29) is 5.78 Å². The third-order valence-electron chi connectivity index (χ3n) is 8.20. The first kappa shape index (κ1) is 25.8. The Morgan fingerprint density at radius 3 is 1.18 bits per heavy atom. The number of hydrogen-bond donors (Lipinski definition) is 0. The molecule has 0 unspecified atom stereocenters. The molecule has 0 saturated carbocycles. The standard InChI is InChI=1S/C39H34O/c1-23-19-25(3)35(26(4)20-23)33-17-15-29-11-7-9-13-31(29)37(33)39(40)38-32-14-10-8-12-30(32)16-18-34(38)36-27(5)21-24(2)22-28(36)6/h7-22H,1-6H3. The van der Waals surface area contributed by atoms with Gasteiger partial charge in [0.05, 0.1) is 0 Å². The Kier molecular flexibility index (Phi) is 6.39. The molecule has 40 heavy (non-hydrogen) atoms. The van der Waals surface area contributed by atoms with Gasteiger partial charge in [-0.1, -0.05) is 108 Å². The van der Waals surface area contributed by atoms with Crippen molar-refractivity contribution in [3.8, 4) is 22.3 Å². The van der Waals surface area contributed by atoms with Crippen LogP contribution in [0.1, 0.15) is 49.3 Å². The molecule has 1 nitrogen and oxygen atoms in total. The minimum atomic E-state index is 0.0670. The largest absolute Gasteiger partial charge is 0.289 e. The van der Waals surface area contributed by atoms with Crippen LogP contribution in [0, 0.1) is 41.5 Å². The first-order valence-corrected chi connectivity index (χ1v) is 14.0. The van der Waals surface area contributed by atoms with Crippen LogP contribution in [-0.4, -0.2) is 5.78 Å². The molecule has 0 aliphatic heterocycles. The zero-order valence-corrected chi connectivity index (χ0v) is 24.1. The van der Waals surface area contributed by atoms with E-state index >= 15 is 4.79 Å². The fourth-order valence-electron chi connectivity index (χ4n) is 6.78. The summed E-state index contributed by atoms with van der Waals surface area (Å²) >= 11 is 0. The number of aryl methyl sites for hydroxylation is 6. The van der Waals surface area contributed by atoms with E-state index in [9.17, 15) is 0 Å². The van der Waals surface area contributed by atoms with Gasteiger partial charge in [0.15, 0.2) is 5.78 Å². The highest BCUT2D eigenvalue weighted by Gasteiger charge is 2.25. The van der Waals surface area contributed by atoms with Gasteiger partial charge in [-0.25, -0.2) is 0 Å². The lowest BCUT2D eigenvalue weighted by Crippen LogP contribution is -2.09. The van der Waals surface area contributed by atoms with Gasteiger partial charge in [0.1, 0.15) is 0 Å². The van der Waals surface area contributed by atoms with Gasteiger partial charge in [0.25, 0.3) is 0 Å². The summed E-state index contributed by atoms with van der Waals surface area (Å²) in [6, 6.07) is 34.0. The van der Waals surface area contributed by atoms with Crippen LogP contribution in [0.15, 0.2) is 97.1 Å². The van der Waals surface area contributed by atoms with Gasteiger partial charge >= 0.3 is 0 Å². The van der Waals surface area contributed by atoms with Crippen molar-refractivity contribution in [3.63, 3.8) is 0 Å². The van der Waals surface area contributed by atoms with E-state index in [2.05, 4.69) is 114 Å². The summed E-state index contributed by atoms with van der Waals surface area (Å²) < 4.78 is 0. The van der Waals surface area contributed by atoms with Crippen molar-refractivity contribution in [2.75, 3.05) is 0 Å². The number of hydrogen-bond acceptors (Lipinski definition) is 1. The van der Waals surface area contributed by atoms with E-state index in [1.165, 1.54) is 33.4 Å². The van der Waals surface area contributed by atoms with Gasteiger partial charge < -0.3 is 0 Å². The van der Waals surface area contributed by atoms with Crippen LogP contribution in [-0.2, 0) is 0 Å². The number of carbonyl (C=O) groups excluding carboxylic acids is 1. The van der Waals surface area contributed by atoms with Crippen LogP contribution in [0.25, 0.3) is 43.8 Å². The molecule has 0 amide bonds. The molecular weight excluding hydrogens is 484 g/mol. The minimum absolute atomic E-state index is 0.0670. The molecular formula is C39H34O. The molecule has 1 heteroatoms. The molecule has 0 saturated heterocycles. The second kappa shape index (κ2) is 9.92. The smallest absolute Gasteiger partial charge is 0.195 e. The summed E-state index contributed by atoms with van der Waals surface area (Å²) in [4.78, 5) is 15.2. The summed E-state index contributed by atoms with van der Waals surface area (Å²) in [5, 5.41) is 4.12. The first-order chi connectivity index (χ1) is 19.2. The Morgan fingerprint density at radius 1 is 0.450 bits per heavy atom. The molecule has 0 heterocycles. The maximum Gasteiger partial charge on any atom is 0.195 e. The van der Waals surface area contributed by atoms with Crippen molar-refractivity contribution in [3.05, 3.63) is 142 Å². The van der Waals surface area contributed by atoms with E-state index in [4.69, 9.17) is 0 Å². The van der Waals surface area contributed by atoms with Crippen LogP contribution < -0.4 is 0 Å². The van der Waals surface area contributed by atoms with Crippen molar-refractivity contribution < 1.29 is 4.79 Å². The van der Waals surface area contributed by atoms with Crippen LogP contribution in [0.3, 0.4) is 0 Å². The third-order valence-corrected chi connectivity index (χ3v) is 8.20. The van der Waals surface area contributed by atoms with Crippen molar-refractivity contribution in [2.45, 2.75) is 41.5 Å². The Morgan fingerprint density at radius 2 is 0.800 bits per heavy atom. The zero-order chi connectivity index (χ0) is 28.1. The SMILES string of the molecule is Cc1cc(C)c(-c2ccc3ccccc3c2C(=O)c2c(-c3c(C)cc(C)cc3C)ccc3ccccc23)c(C)c1. The van der Waals surface area contributed by atoms with E-state index in [0.29, 0.717) is 0 Å². The summed E-state index contributed by atoms with van der Waals surface area (Å²) in [6.07, 6.45) is 0. The van der Waals surface area contributed by atoms with E-state index in [1.54, 1.807) is 0 Å². The quantitative estimate of drug-likeness (QED) is 0.212. The number of rotatable bonds is 4. The number of ketones is 1. The molecule has 196 valence electrons. The van der Waals surface area contributed by atoms with E-state index in [0.717, 1.165) is 54.9 Å². The molecule has 0 atom stereocenters. The lowest BCUT2D eigenvalue weighted by Gasteiger charge is -2.21. The highest BCUT2D eigenvalue weighted by atomic mass is 16.1. The second-order valence-corrected chi connectivity index (χ2v) is 11.3. The van der Waals surface area contributed by atoms with Crippen molar-refractivity contribution in [1.29, 1.82) is 0 Å². The van der Waals surface area contributed by atoms with E-state index < -0.39 is 0 Å². The highest BCUT2D eigenvalue weighted by molar-refractivity contribution is 6.27. The Labute approximate surface area is 237 Å². The first-order valence-electron chi connectivity index (χ1n) is 14.0. The van der Waals surface area contributed by atoms with Crippen LogP contribution in [0.4, 0.5) is 0 Å². The lowest BCUT2D eigenvalue weighted by molar-refractivity contribution is 0.104. The van der Waals surface area contributed by atoms with Crippen molar-refractivity contribution in [2.24, 2.45) is 0 Å². The number of fused-ring (bicyclic) bond motifs is 2. The predicted molar refractivity (Wildman–Crippen MR) is 171 cm³/mol. The highest BCUT2D eigenvalue weighted by Crippen LogP contribution is 2.41. The predicted octanol–water partition coefficient (Wildman–Crippen LogP) is 10.4. The zero-order valence-electron chi connectivity index (χ0n) is 24.1. The Hall–Kier alpha value is -4.49. The molecule has 0 radical (unpaired) electrons. The third kappa shape index (κ3) is 4.23. The topological polar surface area (TPSA) is 17.1 Å². The molecule has 0 aromatic heterocycles. The average Bonchev–Trinajstić information content (AvgIpc) is 2.91. The fourth-order valence-corrected chi connectivity index (χ4v) is 6.78. The van der Waals surface area contributed by atoms with E-state index in [1.807, 2.05) is 24.3 Å². The minimum Gasteiger partial charge on any atom is -0.289 e. The van der Waals surface area contributed by atoms with Gasteiger partial charge in [-0.15, -0.1) is 0 Å². The monoisotopic (exact) mass is 518 g/mol. The number of benzene rings is 6. The molecule has 0 aliphatic carbocycles. The maximum absolute atomic E-state index is 15.2. The van der Waals surface area contributed by atoms with Crippen LogP contribution in [0.2, 0.25) is 0 Å². The van der Waals surface area contributed by atoms with Gasteiger partial charge in [-0.05, 0) is 108 Å². The number of carbonyl (C=O) groups is 1. The summed E-state index contributed by atoms with van der Waals surface area (Å²) in [6.45, 7) is 12.9. The van der Waals surface area contributed by atoms with Gasteiger partial charge in [-0.3, -0.25) is 4.79 Å². The molecule has 6 aromatic carbocycles. The molecule has 0 fully saturated rings. The molecule has 6 rings (SSSR count). The van der Waals surface area contributed by atoms with Crippen molar-refractivity contribution in [1.82, 2.24) is 0 Å². The normalized spacial score (nSPS) is 11.3. The van der Waals surface area contributed by atoms with Crippen LogP contribution in [0.5, 0.6) is 0 Å². The molecule has 0 spiro atoms. The Bertz CT molecular complexity index is 1780. The molecule has 0 aliphatic rings. The summed E-state index contributed by atoms with van der Waals surface area (Å²) in [5.41, 5.74) is 13.0. The van der Waals surface area contributed by atoms with Gasteiger partial charge in [0, 0.05) is 11.1 Å². The van der Waals surface area contributed by atoms with Gasteiger partial charge in [-0.2, -0.15) is 0 Å².